The molecule has 1 fully saturated rings. The van der Waals surface area contributed by atoms with Gasteiger partial charge >= 0.3 is 6.03 Å². The van der Waals surface area contributed by atoms with Gasteiger partial charge in [-0.1, -0.05) is 6.07 Å². The van der Waals surface area contributed by atoms with Crippen molar-refractivity contribution in [1.82, 2.24) is 19.9 Å². The number of benzene rings is 1. The highest BCUT2D eigenvalue weighted by atomic mass is 16.5. The number of fused-ring (bicyclic) bond motifs is 1. The van der Waals surface area contributed by atoms with Crippen molar-refractivity contribution in [3.63, 3.8) is 0 Å². The van der Waals surface area contributed by atoms with Crippen LogP contribution in [0.3, 0.4) is 0 Å². The molecule has 1 N–H and O–H groups in total. The van der Waals surface area contributed by atoms with Crippen LogP contribution in [0.5, 0.6) is 11.6 Å². The van der Waals surface area contributed by atoms with Crippen molar-refractivity contribution in [3.8, 4) is 11.6 Å². The van der Waals surface area contributed by atoms with Crippen molar-refractivity contribution in [2.75, 3.05) is 50.6 Å². The number of carbonyl (C=O) groups is 1. The summed E-state index contributed by atoms with van der Waals surface area (Å²) in [5.74, 6) is 2.14. The van der Waals surface area contributed by atoms with Crippen LogP contribution in [0.2, 0.25) is 0 Å². The largest absolute Gasteiger partial charge is 0.497 e. The molecule has 9 nitrogen and oxygen atoms in total. The number of hydrogen-bond acceptors (Lipinski definition) is 7. The molecule has 0 unspecified atom stereocenters. The molecular weight excluding hydrogens is 372 g/mol. The predicted molar refractivity (Wildman–Crippen MR) is 110 cm³/mol. The van der Waals surface area contributed by atoms with E-state index in [-0.39, 0.29) is 17.7 Å². The van der Waals surface area contributed by atoms with Crippen molar-refractivity contribution >= 4 is 28.7 Å². The summed E-state index contributed by atoms with van der Waals surface area (Å²) in [6.45, 7) is 2.59. The maximum absolute atomic E-state index is 12.8. The number of ether oxygens (including phenoxy) is 2. The first-order valence-electron chi connectivity index (χ1n) is 9.29. The van der Waals surface area contributed by atoms with Crippen molar-refractivity contribution in [1.29, 1.82) is 0 Å². The highest BCUT2D eigenvalue weighted by Gasteiger charge is 2.23. The molecule has 0 aliphatic carbocycles. The fraction of sp³-hybridized carbons (Fsp3) is 0.300. The zero-order chi connectivity index (χ0) is 20.2. The Morgan fingerprint density at radius 2 is 1.83 bits per heavy atom. The number of hydrogen-bond donors (Lipinski definition) is 1. The van der Waals surface area contributed by atoms with Crippen LogP contribution in [-0.2, 0) is 0 Å². The van der Waals surface area contributed by atoms with Crippen LogP contribution in [0.1, 0.15) is 0 Å². The van der Waals surface area contributed by atoms with Gasteiger partial charge in [-0.2, -0.15) is 0 Å². The number of pyridine rings is 1. The van der Waals surface area contributed by atoms with Gasteiger partial charge in [0.05, 0.1) is 25.3 Å². The molecule has 150 valence electrons. The number of urea groups is 1. The zero-order valence-corrected chi connectivity index (χ0v) is 16.3. The molecule has 1 aliphatic rings. The van der Waals surface area contributed by atoms with E-state index in [1.165, 1.54) is 7.11 Å². The molecule has 2 amide bonds. The first-order valence-corrected chi connectivity index (χ1v) is 9.29. The summed E-state index contributed by atoms with van der Waals surface area (Å²) in [7, 11) is 3.09. The lowest BCUT2D eigenvalue weighted by Crippen LogP contribution is -2.50. The maximum atomic E-state index is 12.8. The summed E-state index contributed by atoms with van der Waals surface area (Å²) in [6.07, 6.45) is 1.77. The number of nitrogens with zero attached hydrogens (tertiary/aromatic N) is 5. The van der Waals surface area contributed by atoms with E-state index in [0.717, 1.165) is 5.82 Å². The topological polar surface area (TPSA) is 92.7 Å². The monoisotopic (exact) mass is 394 g/mol. The Labute approximate surface area is 168 Å². The number of anilines is 2. The van der Waals surface area contributed by atoms with E-state index in [4.69, 9.17) is 9.47 Å². The van der Waals surface area contributed by atoms with Gasteiger partial charge in [0.2, 0.25) is 0 Å². The van der Waals surface area contributed by atoms with Crippen molar-refractivity contribution < 1.29 is 14.3 Å². The SMILES string of the molecule is COc1ccc2nc(OC)c(NC(=O)N3CCN(c4ccccn4)CC3)nc2c1. The summed E-state index contributed by atoms with van der Waals surface area (Å²) in [6, 6.07) is 11.0. The summed E-state index contributed by atoms with van der Waals surface area (Å²) in [4.78, 5) is 30.0. The highest BCUT2D eigenvalue weighted by Crippen LogP contribution is 2.26. The lowest BCUT2D eigenvalue weighted by molar-refractivity contribution is 0.208. The van der Waals surface area contributed by atoms with E-state index >= 15 is 0 Å². The third-order valence-corrected chi connectivity index (χ3v) is 4.80. The molecule has 1 saturated heterocycles. The summed E-state index contributed by atoms with van der Waals surface area (Å²) < 4.78 is 10.6. The van der Waals surface area contributed by atoms with E-state index < -0.39 is 0 Å². The van der Waals surface area contributed by atoms with Crippen LogP contribution in [-0.4, -0.2) is 66.3 Å². The van der Waals surface area contributed by atoms with Crippen LogP contribution in [0.15, 0.2) is 42.6 Å². The van der Waals surface area contributed by atoms with Crippen molar-refractivity contribution in [2.45, 2.75) is 0 Å². The van der Waals surface area contributed by atoms with Crippen LogP contribution in [0.4, 0.5) is 16.4 Å². The zero-order valence-electron chi connectivity index (χ0n) is 16.3. The average molecular weight is 394 g/mol. The Morgan fingerprint density at radius 3 is 2.52 bits per heavy atom. The average Bonchev–Trinajstić information content (AvgIpc) is 2.78. The Morgan fingerprint density at radius 1 is 1.00 bits per heavy atom. The number of carbonyl (C=O) groups excluding carboxylic acids is 1. The van der Waals surface area contributed by atoms with Gasteiger partial charge in [-0.25, -0.2) is 19.7 Å². The van der Waals surface area contributed by atoms with Crippen molar-refractivity contribution in [2.24, 2.45) is 0 Å². The quantitative estimate of drug-likeness (QED) is 0.726. The third-order valence-electron chi connectivity index (χ3n) is 4.80. The van der Waals surface area contributed by atoms with Gasteiger partial charge in [0.25, 0.3) is 5.88 Å². The minimum Gasteiger partial charge on any atom is -0.497 e. The molecule has 9 heteroatoms. The summed E-state index contributed by atoms with van der Waals surface area (Å²) >= 11 is 0. The second kappa shape index (κ2) is 8.17. The molecule has 2 aromatic heterocycles. The lowest BCUT2D eigenvalue weighted by Gasteiger charge is -2.35. The number of nitrogens with one attached hydrogen (secondary N) is 1. The fourth-order valence-corrected chi connectivity index (χ4v) is 3.23. The number of aromatic nitrogens is 3. The third kappa shape index (κ3) is 3.98. The minimum atomic E-state index is -0.236. The molecule has 4 rings (SSSR count). The Balaban J connectivity index is 1.47. The molecule has 3 heterocycles. The number of amides is 2. The molecule has 29 heavy (non-hydrogen) atoms. The van der Waals surface area contributed by atoms with E-state index in [0.29, 0.717) is 43.0 Å². The molecule has 1 aliphatic heterocycles. The Hall–Kier alpha value is -3.62. The smallest absolute Gasteiger partial charge is 0.323 e. The van der Waals surface area contributed by atoms with Gasteiger partial charge in [0, 0.05) is 38.4 Å². The molecule has 1 aromatic carbocycles. The lowest BCUT2D eigenvalue weighted by atomic mass is 10.3. The first-order chi connectivity index (χ1) is 14.2. The van der Waals surface area contributed by atoms with Crippen LogP contribution in [0.25, 0.3) is 11.0 Å². The molecule has 0 spiro atoms. The minimum absolute atomic E-state index is 0.236. The Kier molecular flexibility index (Phi) is 5.28. The van der Waals surface area contributed by atoms with Gasteiger partial charge in [-0.15, -0.1) is 0 Å². The first kappa shape index (κ1) is 18.7. The highest BCUT2D eigenvalue weighted by molar-refractivity contribution is 5.91. The molecular formula is C20H22N6O3. The number of rotatable bonds is 4. The van der Waals surface area contributed by atoms with Gasteiger partial charge in [0.1, 0.15) is 11.6 Å². The second-order valence-corrected chi connectivity index (χ2v) is 6.53. The summed E-state index contributed by atoms with van der Waals surface area (Å²) in [5, 5.41) is 2.83. The molecule has 0 saturated carbocycles. The normalized spacial score (nSPS) is 14.0. The van der Waals surface area contributed by atoms with Gasteiger partial charge in [-0.05, 0) is 24.3 Å². The van der Waals surface area contributed by atoms with Gasteiger partial charge < -0.3 is 19.3 Å². The molecule has 0 atom stereocenters. The van der Waals surface area contributed by atoms with Crippen LogP contribution < -0.4 is 19.7 Å². The van der Waals surface area contributed by atoms with Crippen molar-refractivity contribution in [3.05, 3.63) is 42.6 Å². The van der Waals surface area contributed by atoms with Gasteiger partial charge in [-0.3, -0.25) is 5.32 Å². The van der Waals surface area contributed by atoms with E-state index in [1.807, 2.05) is 18.2 Å². The second-order valence-electron chi connectivity index (χ2n) is 6.53. The van der Waals surface area contributed by atoms with Crippen LogP contribution >= 0.6 is 0 Å². The van der Waals surface area contributed by atoms with Crippen LogP contribution in [0, 0.1) is 0 Å². The molecule has 0 bridgehead atoms. The predicted octanol–water partition coefficient (Wildman–Crippen LogP) is 2.40. The van der Waals surface area contributed by atoms with Gasteiger partial charge in [0.15, 0.2) is 5.82 Å². The summed E-state index contributed by atoms with van der Waals surface area (Å²) in [5.41, 5.74) is 1.27. The maximum Gasteiger partial charge on any atom is 0.323 e. The molecule has 3 aromatic rings. The number of methoxy groups -OCH3 is 2. The van der Waals surface area contributed by atoms with E-state index in [1.54, 1.807) is 36.4 Å². The standard InChI is InChI=1S/C20H22N6O3/c1-28-14-6-7-15-16(13-14)22-18(19(23-15)29-2)24-20(27)26-11-9-25(10-12-26)17-5-3-4-8-21-17/h3-8,13H,9-12H2,1-2H3,(H,22,24,27). The Bertz CT molecular complexity index is 1010. The van der Waals surface area contributed by atoms with E-state index in [9.17, 15) is 4.79 Å². The van der Waals surface area contributed by atoms with E-state index in [2.05, 4.69) is 25.2 Å². The fourth-order valence-electron chi connectivity index (χ4n) is 3.23. The number of piperazine rings is 1. The molecule has 0 radical (unpaired) electrons.